The van der Waals surface area contributed by atoms with Crippen molar-refractivity contribution in [2.24, 2.45) is 0 Å². The Morgan fingerprint density at radius 3 is 3.12 bits per heavy atom. The van der Waals surface area contributed by atoms with Crippen molar-refractivity contribution in [2.45, 2.75) is 18.4 Å². The summed E-state index contributed by atoms with van der Waals surface area (Å²) in [4.78, 5) is 20.0. The molecule has 0 unspecified atom stereocenters. The molecule has 0 spiro atoms. The molecule has 0 saturated heterocycles. The van der Waals surface area contributed by atoms with Gasteiger partial charge in [0.15, 0.2) is 5.65 Å². The highest BCUT2D eigenvalue weighted by Gasteiger charge is 2.10. The monoisotopic (exact) mass is 251 g/mol. The van der Waals surface area contributed by atoms with Gasteiger partial charge in [-0.05, 0) is 13.2 Å². The van der Waals surface area contributed by atoms with Crippen LogP contribution in [0.3, 0.4) is 0 Å². The molecule has 2 aromatic heterocycles. The number of carbonyl (C=O) groups excluding carboxylic acids is 1. The maximum atomic E-state index is 11.4. The lowest BCUT2D eigenvalue weighted by atomic mass is 10.3. The molecule has 2 heterocycles. The number of ether oxygens (including phenoxy) is 1. The summed E-state index contributed by atoms with van der Waals surface area (Å²) in [6, 6.07) is 0. The van der Waals surface area contributed by atoms with Crippen LogP contribution in [0, 0.1) is 0 Å². The van der Waals surface area contributed by atoms with Gasteiger partial charge >= 0.3 is 5.97 Å². The number of thioether (sulfide) groups is 1. The van der Waals surface area contributed by atoms with E-state index in [1.165, 1.54) is 11.8 Å². The first-order valence-electron chi connectivity index (χ1n) is 5.26. The number of hydrogen-bond acceptors (Lipinski definition) is 5. The van der Waals surface area contributed by atoms with Gasteiger partial charge in [0, 0.05) is 18.6 Å². The quantitative estimate of drug-likeness (QED) is 0.609. The molecule has 0 radical (unpaired) electrons. The van der Waals surface area contributed by atoms with E-state index in [0.717, 1.165) is 10.7 Å². The van der Waals surface area contributed by atoms with Gasteiger partial charge in [0.2, 0.25) is 0 Å². The zero-order valence-electron chi connectivity index (χ0n) is 9.71. The summed E-state index contributed by atoms with van der Waals surface area (Å²) in [5.74, 6) is -0.255. The van der Waals surface area contributed by atoms with E-state index < -0.39 is 0 Å². The zero-order valence-corrected chi connectivity index (χ0v) is 10.5. The van der Waals surface area contributed by atoms with Crippen molar-refractivity contribution < 1.29 is 9.53 Å². The third-order valence-corrected chi connectivity index (χ3v) is 2.89. The van der Waals surface area contributed by atoms with E-state index in [-0.39, 0.29) is 12.4 Å². The Hall–Kier alpha value is -1.56. The highest BCUT2D eigenvalue weighted by atomic mass is 32.2. The van der Waals surface area contributed by atoms with E-state index in [4.69, 9.17) is 4.74 Å². The molecule has 0 aliphatic heterocycles. The number of fused-ring (bicyclic) bond motifs is 1. The minimum Gasteiger partial charge on any atom is -0.466 e. The first-order chi connectivity index (χ1) is 8.24. The molecule has 0 saturated carbocycles. The number of hydrogen-bond donors (Lipinski definition) is 0. The molecule has 6 heteroatoms. The molecule has 0 aliphatic carbocycles. The van der Waals surface area contributed by atoms with Crippen LogP contribution in [-0.4, -0.2) is 33.2 Å². The summed E-state index contributed by atoms with van der Waals surface area (Å²) in [5, 5.41) is 0.850. The summed E-state index contributed by atoms with van der Waals surface area (Å²) >= 11 is 1.53. The highest BCUT2D eigenvalue weighted by molar-refractivity contribution is 7.98. The number of carbonyl (C=O) groups is 1. The van der Waals surface area contributed by atoms with Crippen molar-refractivity contribution in [3.8, 4) is 0 Å². The van der Waals surface area contributed by atoms with Crippen LogP contribution in [0.5, 0.6) is 0 Å². The summed E-state index contributed by atoms with van der Waals surface area (Å²) in [6.45, 7) is 2.18. The molecule has 17 heavy (non-hydrogen) atoms. The molecule has 0 amide bonds. The molecule has 0 bridgehead atoms. The first kappa shape index (κ1) is 11.9. The van der Waals surface area contributed by atoms with Crippen LogP contribution in [-0.2, 0) is 16.0 Å². The fourth-order valence-corrected chi connectivity index (χ4v) is 2.04. The molecule has 0 aliphatic rings. The lowest BCUT2D eigenvalue weighted by Gasteiger charge is -1.97. The van der Waals surface area contributed by atoms with Crippen LogP contribution in [0.1, 0.15) is 12.6 Å². The second kappa shape index (κ2) is 5.18. The largest absolute Gasteiger partial charge is 0.466 e. The predicted octanol–water partition coefficient (Wildman–Crippen LogP) is 1.56. The number of esters is 1. The Labute approximate surface area is 103 Å². The summed E-state index contributed by atoms with van der Waals surface area (Å²) in [5.41, 5.74) is 1.48. The second-order valence-corrected chi connectivity index (χ2v) is 4.18. The predicted molar refractivity (Wildman–Crippen MR) is 65.1 cm³/mol. The molecule has 5 nitrogen and oxygen atoms in total. The van der Waals surface area contributed by atoms with Gasteiger partial charge in [-0.25, -0.2) is 9.97 Å². The van der Waals surface area contributed by atoms with Crippen LogP contribution in [0.2, 0.25) is 0 Å². The van der Waals surface area contributed by atoms with E-state index in [0.29, 0.717) is 12.3 Å². The molecule has 0 fully saturated rings. The average molecular weight is 251 g/mol. The first-order valence-corrected chi connectivity index (χ1v) is 6.49. The van der Waals surface area contributed by atoms with Crippen molar-refractivity contribution in [3.63, 3.8) is 0 Å². The molecule has 2 rings (SSSR count). The molecular weight excluding hydrogens is 238 g/mol. The topological polar surface area (TPSA) is 56.5 Å². The highest BCUT2D eigenvalue weighted by Crippen LogP contribution is 2.17. The Morgan fingerprint density at radius 1 is 1.59 bits per heavy atom. The van der Waals surface area contributed by atoms with E-state index >= 15 is 0 Å². The van der Waals surface area contributed by atoms with Crippen molar-refractivity contribution in [1.82, 2.24) is 14.4 Å². The number of nitrogens with zero attached hydrogens (tertiary/aromatic N) is 3. The van der Waals surface area contributed by atoms with Crippen molar-refractivity contribution in [1.29, 1.82) is 0 Å². The Balaban J connectivity index is 2.28. The third kappa shape index (κ3) is 2.58. The van der Waals surface area contributed by atoms with Gasteiger partial charge in [-0.3, -0.25) is 4.79 Å². The van der Waals surface area contributed by atoms with Gasteiger partial charge in [0.25, 0.3) is 0 Å². The van der Waals surface area contributed by atoms with Crippen LogP contribution in [0.25, 0.3) is 5.65 Å². The minimum absolute atomic E-state index is 0.198. The maximum absolute atomic E-state index is 11.4. The molecule has 0 aromatic carbocycles. The smallest absolute Gasteiger partial charge is 0.311 e. The number of rotatable bonds is 4. The van der Waals surface area contributed by atoms with Gasteiger partial charge < -0.3 is 9.14 Å². The molecular formula is C11H13N3O2S. The molecule has 90 valence electrons. The molecule has 0 N–H and O–H groups in total. The van der Waals surface area contributed by atoms with Crippen molar-refractivity contribution >= 4 is 23.4 Å². The van der Waals surface area contributed by atoms with E-state index in [2.05, 4.69) is 9.97 Å². The summed E-state index contributed by atoms with van der Waals surface area (Å²) < 4.78 is 6.76. The molecule has 2 aromatic rings. The Bertz CT molecular complexity index is 538. The van der Waals surface area contributed by atoms with Crippen molar-refractivity contribution in [2.75, 3.05) is 12.9 Å². The lowest BCUT2D eigenvalue weighted by Crippen LogP contribution is -2.07. The number of aromatic nitrogens is 3. The second-order valence-electron chi connectivity index (χ2n) is 3.38. The fourth-order valence-electron chi connectivity index (χ4n) is 1.54. The van der Waals surface area contributed by atoms with Crippen LogP contribution in [0.15, 0.2) is 23.6 Å². The van der Waals surface area contributed by atoms with Crippen molar-refractivity contribution in [3.05, 3.63) is 24.3 Å². The van der Waals surface area contributed by atoms with Crippen LogP contribution < -0.4 is 0 Å². The molecule has 0 atom stereocenters. The van der Waals surface area contributed by atoms with Gasteiger partial charge in [-0.2, -0.15) is 0 Å². The van der Waals surface area contributed by atoms with Crippen LogP contribution in [0.4, 0.5) is 0 Å². The van der Waals surface area contributed by atoms with E-state index in [9.17, 15) is 4.79 Å². The van der Waals surface area contributed by atoms with E-state index in [1.54, 1.807) is 13.1 Å². The van der Waals surface area contributed by atoms with Gasteiger partial charge in [0.05, 0.1) is 18.7 Å². The SMILES string of the molecule is CCOC(=O)Cc1cn2ccnc(SC)c2n1. The summed E-state index contributed by atoms with van der Waals surface area (Å²) in [6.07, 6.45) is 7.50. The number of imidazole rings is 1. The fraction of sp³-hybridized carbons (Fsp3) is 0.364. The third-order valence-electron chi connectivity index (χ3n) is 2.22. The van der Waals surface area contributed by atoms with Gasteiger partial charge in [0.1, 0.15) is 5.03 Å². The minimum atomic E-state index is -0.255. The Morgan fingerprint density at radius 2 is 2.41 bits per heavy atom. The Kier molecular flexibility index (Phi) is 3.63. The zero-order chi connectivity index (χ0) is 12.3. The normalized spacial score (nSPS) is 10.7. The van der Waals surface area contributed by atoms with E-state index in [1.807, 2.05) is 23.1 Å². The average Bonchev–Trinajstić information content (AvgIpc) is 2.70. The van der Waals surface area contributed by atoms with Gasteiger partial charge in [-0.1, -0.05) is 0 Å². The standard InChI is InChI=1S/C11H13N3O2S/c1-3-16-9(15)6-8-7-14-5-4-12-11(17-2)10(14)13-8/h4-5,7H,3,6H2,1-2H3. The summed E-state index contributed by atoms with van der Waals surface area (Å²) in [7, 11) is 0. The lowest BCUT2D eigenvalue weighted by molar-refractivity contribution is -0.142. The maximum Gasteiger partial charge on any atom is 0.311 e. The van der Waals surface area contributed by atoms with Crippen LogP contribution >= 0.6 is 11.8 Å². The van der Waals surface area contributed by atoms with Gasteiger partial charge in [-0.15, -0.1) is 11.8 Å².